The van der Waals surface area contributed by atoms with Gasteiger partial charge in [0.25, 0.3) is 5.91 Å². The van der Waals surface area contributed by atoms with Crippen LogP contribution in [-0.2, 0) is 0 Å². The summed E-state index contributed by atoms with van der Waals surface area (Å²) in [7, 11) is 0. The van der Waals surface area contributed by atoms with Crippen LogP contribution < -0.4 is 5.32 Å². The highest BCUT2D eigenvalue weighted by molar-refractivity contribution is 7.03. The molecule has 4 nitrogen and oxygen atoms in total. The molecule has 0 spiro atoms. The molecule has 110 valence electrons. The zero-order valence-electron chi connectivity index (χ0n) is 11.1. The number of nitrogens with zero attached hydrogens (tertiary/aromatic N) is 2. The fraction of sp³-hybridized carbons (Fsp3) is 0. The lowest BCUT2D eigenvalue weighted by molar-refractivity contribution is 0.102. The molecule has 1 aromatic heterocycles. The molecule has 1 amide bonds. The van der Waals surface area contributed by atoms with Gasteiger partial charge in [0, 0.05) is 16.6 Å². The van der Waals surface area contributed by atoms with Crippen LogP contribution in [0.5, 0.6) is 0 Å². The van der Waals surface area contributed by atoms with E-state index in [1.807, 2.05) is 5.38 Å². The van der Waals surface area contributed by atoms with Gasteiger partial charge in [0.15, 0.2) is 0 Å². The zero-order chi connectivity index (χ0) is 15.5. The summed E-state index contributed by atoms with van der Waals surface area (Å²) in [5.74, 6) is -1.25. The maximum Gasteiger partial charge on any atom is 0.260 e. The Bertz CT molecular complexity index is 786. The summed E-state index contributed by atoms with van der Waals surface area (Å²) in [5, 5.41) is 8.48. The molecule has 2 aromatic carbocycles. The lowest BCUT2D eigenvalue weighted by atomic mass is 10.1. The normalized spacial score (nSPS) is 10.5. The fourth-order valence-electron chi connectivity index (χ4n) is 1.92. The predicted octanol–water partition coefficient (Wildman–Crippen LogP) is 4.25. The van der Waals surface area contributed by atoms with E-state index >= 15 is 0 Å². The van der Waals surface area contributed by atoms with Crippen LogP contribution in [0.1, 0.15) is 10.4 Å². The highest BCUT2D eigenvalue weighted by Crippen LogP contribution is 2.23. The Morgan fingerprint density at radius 2 is 1.95 bits per heavy atom. The number of halogens is 2. The monoisotopic (exact) mass is 333 g/mol. The summed E-state index contributed by atoms with van der Waals surface area (Å²) < 4.78 is 17.5. The third-order valence-electron chi connectivity index (χ3n) is 2.99. The van der Waals surface area contributed by atoms with Gasteiger partial charge in [-0.1, -0.05) is 34.3 Å². The molecule has 0 fully saturated rings. The number of anilines is 1. The molecule has 0 radical (unpaired) electrons. The fourth-order valence-corrected chi connectivity index (χ4v) is 2.64. The molecule has 0 atom stereocenters. The quantitative estimate of drug-likeness (QED) is 0.779. The van der Waals surface area contributed by atoms with Gasteiger partial charge in [-0.05, 0) is 35.8 Å². The smallest absolute Gasteiger partial charge is 0.260 e. The Kier molecular flexibility index (Phi) is 4.13. The molecule has 22 heavy (non-hydrogen) atoms. The number of hydrogen-bond donors (Lipinski definition) is 1. The molecule has 0 aliphatic carbocycles. The number of benzene rings is 2. The predicted molar refractivity (Wildman–Crippen MR) is 84.7 cm³/mol. The molecule has 0 aliphatic rings. The van der Waals surface area contributed by atoms with Crippen molar-refractivity contribution >= 4 is 34.7 Å². The van der Waals surface area contributed by atoms with E-state index in [-0.39, 0.29) is 10.6 Å². The molecule has 1 N–H and O–H groups in total. The average molecular weight is 334 g/mol. The van der Waals surface area contributed by atoms with E-state index in [0.29, 0.717) is 5.69 Å². The summed E-state index contributed by atoms with van der Waals surface area (Å²) in [6.45, 7) is 0. The van der Waals surface area contributed by atoms with Crippen molar-refractivity contribution in [2.75, 3.05) is 5.32 Å². The van der Waals surface area contributed by atoms with Crippen LogP contribution in [0.4, 0.5) is 10.1 Å². The Labute approximate surface area is 134 Å². The van der Waals surface area contributed by atoms with Crippen LogP contribution in [0.15, 0.2) is 47.8 Å². The van der Waals surface area contributed by atoms with E-state index in [9.17, 15) is 9.18 Å². The maximum atomic E-state index is 13.7. The third kappa shape index (κ3) is 2.98. The van der Waals surface area contributed by atoms with E-state index < -0.39 is 11.7 Å². The molecular weight excluding hydrogens is 325 g/mol. The first-order valence-electron chi connectivity index (χ1n) is 6.28. The standard InChI is InChI=1S/C15H9ClFN3OS/c16-11-2-1-3-12(17)14(11)15(21)18-10-6-4-9(5-7-10)13-8-22-20-19-13/h1-8H,(H,18,21). The van der Waals surface area contributed by atoms with Gasteiger partial charge in [0.1, 0.15) is 11.5 Å². The topological polar surface area (TPSA) is 54.9 Å². The minimum absolute atomic E-state index is 0.0719. The lowest BCUT2D eigenvalue weighted by Gasteiger charge is -2.08. The molecule has 0 unspecified atom stereocenters. The van der Waals surface area contributed by atoms with Crippen LogP contribution in [0, 0.1) is 5.82 Å². The van der Waals surface area contributed by atoms with Crippen LogP contribution in [-0.4, -0.2) is 15.5 Å². The number of carbonyl (C=O) groups is 1. The summed E-state index contributed by atoms with van der Waals surface area (Å²) in [6, 6.07) is 11.1. The number of nitrogens with one attached hydrogen (secondary N) is 1. The summed E-state index contributed by atoms with van der Waals surface area (Å²) in [6.07, 6.45) is 0. The first-order valence-corrected chi connectivity index (χ1v) is 7.49. The van der Waals surface area contributed by atoms with Gasteiger partial charge in [-0.3, -0.25) is 4.79 Å². The molecule has 3 rings (SSSR count). The van der Waals surface area contributed by atoms with Gasteiger partial charge in [-0.2, -0.15) is 0 Å². The summed E-state index contributed by atoms with van der Waals surface area (Å²) in [4.78, 5) is 12.1. The van der Waals surface area contributed by atoms with Gasteiger partial charge in [-0.15, -0.1) is 5.10 Å². The average Bonchev–Trinajstić information content (AvgIpc) is 3.02. The lowest BCUT2D eigenvalue weighted by Crippen LogP contribution is -2.14. The van der Waals surface area contributed by atoms with Crippen molar-refractivity contribution in [1.29, 1.82) is 0 Å². The maximum absolute atomic E-state index is 13.7. The Morgan fingerprint density at radius 3 is 2.59 bits per heavy atom. The van der Waals surface area contributed by atoms with Gasteiger partial charge >= 0.3 is 0 Å². The molecule has 0 saturated heterocycles. The van der Waals surface area contributed by atoms with Crippen molar-refractivity contribution in [2.24, 2.45) is 0 Å². The third-order valence-corrected chi connectivity index (χ3v) is 3.81. The molecule has 0 aliphatic heterocycles. The van der Waals surface area contributed by atoms with Gasteiger partial charge < -0.3 is 5.32 Å². The van der Waals surface area contributed by atoms with Crippen molar-refractivity contribution in [3.05, 3.63) is 64.2 Å². The Hall–Kier alpha value is -2.31. The number of aromatic nitrogens is 2. The van der Waals surface area contributed by atoms with Crippen LogP contribution in [0.3, 0.4) is 0 Å². The molecule has 0 bridgehead atoms. The van der Waals surface area contributed by atoms with Crippen molar-refractivity contribution in [3.8, 4) is 11.3 Å². The molecule has 1 heterocycles. The Morgan fingerprint density at radius 1 is 1.18 bits per heavy atom. The highest BCUT2D eigenvalue weighted by Gasteiger charge is 2.15. The van der Waals surface area contributed by atoms with E-state index in [4.69, 9.17) is 11.6 Å². The Balaban J connectivity index is 1.80. The number of hydrogen-bond acceptors (Lipinski definition) is 4. The van der Waals surface area contributed by atoms with Gasteiger partial charge in [-0.25, -0.2) is 4.39 Å². The second kappa shape index (κ2) is 6.21. The van der Waals surface area contributed by atoms with E-state index in [2.05, 4.69) is 14.9 Å². The van der Waals surface area contributed by atoms with E-state index in [1.165, 1.54) is 29.7 Å². The number of rotatable bonds is 3. The molecular formula is C15H9ClFN3OS. The largest absolute Gasteiger partial charge is 0.322 e. The first kappa shape index (κ1) is 14.6. The summed E-state index contributed by atoms with van der Waals surface area (Å²) in [5.41, 5.74) is 2.02. The highest BCUT2D eigenvalue weighted by atomic mass is 35.5. The van der Waals surface area contributed by atoms with Crippen LogP contribution in [0.25, 0.3) is 11.3 Å². The van der Waals surface area contributed by atoms with Gasteiger partial charge in [0.05, 0.1) is 10.6 Å². The minimum Gasteiger partial charge on any atom is -0.322 e. The van der Waals surface area contributed by atoms with Crippen molar-refractivity contribution in [1.82, 2.24) is 9.59 Å². The number of carbonyl (C=O) groups excluding carboxylic acids is 1. The van der Waals surface area contributed by atoms with Crippen molar-refractivity contribution < 1.29 is 9.18 Å². The van der Waals surface area contributed by atoms with Crippen LogP contribution >= 0.6 is 23.1 Å². The van der Waals surface area contributed by atoms with E-state index in [0.717, 1.165) is 11.3 Å². The second-order valence-electron chi connectivity index (χ2n) is 4.42. The van der Waals surface area contributed by atoms with Crippen molar-refractivity contribution in [3.63, 3.8) is 0 Å². The number of amides is 1. The molecule has 7 heteroatoms. The van der Waals surface area contributed by atoms with E-state index in [1.54, 1.807) is 24.3 Å². The molecule has 3 aromatic rings. The summed E-state index contributed by atoms with van der Waals surface area (Å²) >= 11 is 7.13. The van der Waals surface area contributed by atoms with Gasteiger partial charge in [0.2, 0.25) is 0 Å². The minimum atomic E-state index is -0.657. The second-order valence-corrected chi connectivity index (χ2v) is 5.44. The molecule has 0 saturated carbocycles. The van der Waals surface area contributed by atoms with Crippen LogP contribution in [0.2, 0.25) is 5.02 Å². The SMILES string of the molecule is O=C(Nc1ccc(-c2csnn2)cc1)c1c(F)cccc1Cl. The van der Waals surface area contributed by atoms with Crippen molar-refractivity contribution in [2.45, 2.75) is 0 Å². The zero-order valence-corrected chi connectivity index (χ0v) is 12.7. The first-order chi connectivity index (χ1) is 10.6.